The first-order valence-electron chi connectivity index (χ1n) is 31.3. The van der Waals surface area contributed by atoms with Gasteiger partial charge in [0, 0.05) is 19.0 Å². The van der Waals surface area contributed by atoms with Crippen LogP contribution >= 0.6 is 15.6 Å². The molecule has 20 heteroatoms. The highest BCUT2D eigenvalue weighted by atomic mass is 31.3. The molecule has 0 saturated carbocycles. The van der Waals surface area contributed by atoms with Crippen LogP contribution in [0.1, 0.15) is 284 Å². The number of phosphoric acid groups is 2. The fourth-order valence-electron chi connectivity index (χ4n) is 9.95. The Kier molecular flexibility index (Phi) is 41.7. The van der Waals surface area contributed by atoms with Crippen molar-refractivity contribution >= 4 is 33.4 Å². The fourth-order valence-corrected chi connectivity index (χ4v) is 12.1. The number of esters is 2. The Balaban J connectivity index is 1.70. The Morgan fingerprint density at radius 1 is 0.608 bits per heavy atom. The lowest BCUT2D eigenvalue weighted by atomic mass is 9.99. The predicted octanol–water partition coefficient (Wildman–Crippen LogP) is 14.7. The lowest BCUT2D eigenvalue weighted by Crippen LogP contribution is -2.36. The zero-order valence-corrected chi connectivity index (χ0v) is 51.3. The van der Waals surface area contributed by atoms with Gasteiger partial charge in [-0.3, -0.25) is 23.2 Å². The normalized spacial score (nSPS) is 18.8. The maximum Gasteiger partial charge on any atom is 0.481 e. The maximum absolute atomic E-state index is 13.0. The highest BCUT2D eigenvalue weighted by Crippen LogP contribution is 2.60. The van der Waals surface area contributed by atoms with Crippen LogP contribution in [0.25, 0.3) is 0 Å². The van der Waals surface area contributed by atoms with Crippen molar-refractivity contribution in [2.45, 2.75) is 309 Å². The second-order valence-electron chi connectivity index (χ2n) is 23.0. The summed E-state index contributed by atoms with van der Waals surface area (Å²) in [7, 11) is -10.8. The molecule has 1 aliphatic rings. The molecule has 462 valence electrons. The minimum absolute atomic E-state index is 0.0581. The number of nitrogens with two attached hydrogens (primary N) is 1. The second kappa shape index (κ2) is 45.2. The average molecular weight is 1160 g/mol. The molecule has 8 atom stereocenters. The molecule has 1 aromatic heterocycles. The van der Waals surface area contributed by atoms with E-state index in [1.807, 2.05) is 0 Å². The van der Waals surface area contributed by atoms with E-state index in [2.05, 4.69) is 37.0 Å². The molecule has 1 saturated heterocycles. The van der Waals surface area contributed by atoms with Gasteiger partial charge in [-0.25, -0.2) is 13.9 Å². The number of nitrogen functional groups attached to an aromatic ring is 1. The van der Waals surface area contributed by atoms with Crippen LogP contribution in [-0.2, 0) is 46.3 Å². The minimum Gasteiger partial charge on any atom is -0.462 e. The monoisotopic (exact) mass is 1160 g/mol. The number of anilines is 1. The minimum atomic E-state index is -5.43. The standard InChI is InChI=1S/C59H111N3O15P2/c1-5-50(4)41-37-33-29-25-21-17-13-8-6-7-9-14-18-22-26-30-34-38-42-54(63)72-46-51(75-55(64)43-39-35-31-27-23-19-15-11-10-12-16-20-24-28-32-36-40-49(2)3)47-73-78(68,69)77-79(70,71)74-48-52-56(65)57(66)58(76-52)62-45-44-53(60)61-59(62)67/h44-45,49-52,56-58,65-66H,5-43,46-48H2,1-4H3,(H,68,69)(H,70,71)(H2,60,61,67)/t50?,51-,52-,56+,57?,58-/m1/s1. The van der Waals surface area contributed by atoms with Gasteiger partial charge in [-0.15, -0.1) is 0 Å². The van der Waals surface area contributed by atoms with Crippen LogP contribution in [0.3, 0.4) is 0 Å². The first-order valence-corrected chi connectivity index (χ1v) is 34.3. The molecule has 1 aromatic rings. The molecular weight excluding hydrogens is 1050 g/mol. The number of aliphatic hydroxyl groups excluding tert-OH is 2. The van der Waals surface area contributed by atoms with Gasteiger partial charge in [-0.1, -0.05) is 252 Å². The first kappa shape index (κ1) is 72.9. The Morgan fingerprint density at radius 3 is 1.44 bits per heavy atom. The Bertz CT molecular complexity index is 1860. The molecule has 0 radical (unpaired) electrons. The number of phosphoric ester groups is 2. The summed E-state index contributed by atoms with van der Waals surface area (Å²) in [5.74, 6) is 0.415. The molecule has 2 heterocycles. The van der Waals surface area contributed by atoms with E-state index in [0.717, 1.165) is 61.3 Å². The molecule has 1 aliphatic heterocycles. The number of aliphatic hydroxyl groups is 2. The summed E-state index contributed by atoms with van der Waals surface area (Å²) in [6.07, 6.45) is 38.8. The summed E-state index contributed by atoms with van der Waals surface area (Å²) < 4.78 is 57.2. The van der Waals surface area contributed by atoms with E-state index in [9.17, 15) is 43.5 Å². The van der Waals surface area contributed by atoms with Crippen LogP contribution in [0.15, 0.2) is 17.1 Å². The summed E-state index contributed by atoms with van der Waals surface area (Å²) in [6, 6.07) is 1.26. The molecule has 0 aromatic carbocycles. The molecule has 0 amide bonds. The number of nitrogens with zero attached hydrogens (tertiary/aromatic N) is 2. The number of aromatic nitrogens is 2. The van der Waals surface area contributed by atoms with Crippen molar-refractivity contribution in [2.75, 3.05) is 25.6 Å². The van der Waals surface area contributed by atoms with E-state index < -0.39 is 83.7 Å². The number of hydrogen-bond donors (Lipinski definition) is 5. The second-order valence-corrected chi connectivity index (χ2v) is 26.0. The number of carbonyl (C=O) groups excluding carboxylic acids is 2. The van der Waals surface area contributed by atoms with E-state index in [0.29, 0.717) is 12.8 Å². The van der Waals surface area contributed by atoms with E-state index >= 15 is 0 Å². The van der Waals surface area contributed by atoms with Crippen molar-refractivity contribution in [1.29, 1.82) is 0 Å². The van der Waals surface area contributed by atoms with E-state index in [-0.39, 0.29) is 18.7 Å². The van der Waals surface area contributed by atoms with Crippen LogP contribution < -0.4 is 11.4 Å². The third-order valence-corrected chi connectivity index (χ3v) is 17.8. The third-order valence-electron chi connectivity index (χ3n) is 15.2. The van der Waals surface area contributed by atoms with Gasteiger partial charge in [0.25, 0.3) is 0 Å². The zero-order chi connectivity index (χ0) is 58.0. The molecule has 0 aliphatic carbocycles. The van der Waals surface area contributed by atoms with Crippen LogP contribution in [0.4, 0.5) is 5.82 Å². The van der Waals surface area contributed by atoms with Crippen LogP contribution in [0, 0.1) is 11.8 Å². The maximum atomic E-state index is 13.0. The lowest BCUT2D eigenvalue weighted by Gasteiger charge is -2.21. The molecule has 2 rings (SSSR count). The summed E-state index contributed by atoms with van der Waals surface area (Å²) in [5.41, 5.74) is 4.61. The largest absolute Gasteiger partial charge is 0.481 e. The van der Waals surface area contributed by atoms with Crippen molar-refractivity contribution in [1.82, 2.24) is 9.55 Å². The fraction of sp³-hybridized carbons (Fsp3) is 0.898. The number of unbranched alkanes of at least 4 members (excludes halogenated alkanes) is 32. The summed E-state index contributed by atoms with van der Waals surface area (Å²) in [4.78, 5) is 62.3. The van der Waals surface area contributed by atoms with E-state index in [1.165, 1.54) is 192 Å². The smallest absolute Gasteiger partial charge is 0.462 e. The van der Waals surface area contributed by atoms with Gasteiger partial charge in [0.2, 0.25) is 0 Å². The quantitative estimate of drug-likeness (QED) is 0.0230. The molecule has 1 fully saturated rings. The Morgan fingerprint density at radius 2 is 1.01 bits per heavy atom. The van der Waals surface area contributed by atoms with E-state index in [1.54, 1.807) is 0 Å². The Labute approximate surface area is 476 Å². The molecule has 4 unspecified atom stereocenters. The highest BCUT2D eigenvalue weighted by molar-refractivity contribution is 7.61. The van der Waals surface area contributed by atoms with Gasteiger partial charge in [0.15, 0.2) is 12.3 Å². The summed E-state index contributed by atoms with van der Waals surface area (Å²) in [5, 5.41) is 21.0. The lowest BCUT2D eigenvalue weighted by molar-refractivity contribution is -0.161. The molecule has 0 bridgehead atoms. The van der Waals surface area contributed by atoms with Crippen LogP contribution in [0.2, 0.25) is 0 Å². The Hall–Kier alpha value is -2.24. The van der Waals surface area contributed by atoms with Gasteiger partial charge >= 0.3 is 33.3 Å². The number of carbonyl (C=O) groups is 2. The average Bonchev–Trinajstić information content (AvgIpc) is 3.75. The zero-order valence-electron chi connectivity index (χ0n) is 49.5. The van der Waals surface area contributed by atoms with E-state index in [4.69, 9.17) is 29.0 Å². The van der Waals surface area contributed by atoms with Crippen molar-refractivity contribution in [3.8, 4) is 0 Å². The number of ether oxygens (including phenoxy) is 3. The van der Waals surface area contributed by atoms with Crippen molar-refractivity contribution in [3.05, 3.63) is 22.7 Å². The predicted molar refractivity (Wildman–Crippen MR) is 312 cm³/mol. The van der Waals surface area contributed by atoms with Crippen molar-refractivity contribution in [2.24, 2.45) is 11.8 Å². The molecule has 0 spiro atoms. The molecule has 79 heavy (non-hydrogen) atoms. The van der Waals surface area contributed by atoms with Gasteiger partial charge in [0.1, 0.15) is 30.7 Å². The summed E-state index contributed by atoms with van der Waals surface area (Å²) >= 11 is 0. The van der Waals surface area contributed by atoms with Gasteiger partial charge < -0.3 is 39.9 Å². The third kappa shape index (κ3) is 38.3. The number of hydrogen-bond acceptors (Lipinski definition) is 15. The highest BCUT2D eigenvalue weighted by Gasteiger charge is 2.46. The molecular formula is C59H111N3O15P2. The first-order chi connectivity index (χ1) is 37.9. The van der Waals surface area contributed by atoms with Gasteiger partial charge in [-0.05, 0) is 30.7 Å². The SMILES string of the molecule is CCC(C)CCCCCCCCCCCCCCCCCCCCC(=O)OC[C@H](COP(=O)(O)OP(=O)(O)OC[C@H]1O[C@@H](n2ccc(N)nc2=O)C(O)[C@H]1O)OC(=O)CCCCCCCCCCCCCCCCCCC(C)C. The summed E-state index contributed by atoms with van der Waals surface area (Å²) in [6.45, 7) is 6.95. The number of rotatable bonds is 53. The van der Waals surface area contributed by atoms with Gasteiger partial charge in [-0.2, -0.15) is 9.29 Å². The van der Waals surface area contributed by atoms with Crippen LogP contribution in [0.5, 0.6) is 0 Å². The van der Waals surface area contributed by atoms with Crippen molar-refractivity contribution < 1.29 is 66.3 Å². The topological polar surface area (TPSA) is 265 Å². The van der Waals surface area contributed by atoms with Crippen LogP contribution in [-0.4, -0.2) is 85.7 Å². The molecule has 18 nitrogen and oxygen atoms in total. The van der Waals surface area contributed by atoms with Gasteiger partial charge in [0.05, 0.1) is 13.2 Å². The molecule has 6 N–H and O–H groups in total. The van der Waals surface area contributed by atoms with Crippen molar-refractivity contribution in [3.63, 3.8) is 0 Å².